The van der Waals surface area contributed by atoms with E-state index < -0.39 is 0 Å². The average Bonchev–Trinajstić information content (AvgIpc) is 3.43. The number of hydrogen-bond donors (Lipinski definition) is 0. The van der Waals surface area contributed by atoms with Gasteiger partial charge in [-0.15, -0.1) is 11.3 Å². The van der Waals surface area contributed by atoms with Crippen molar-refractivity contribution in [3.8, 4) is 11.1 Å². The van der Waals surface area contributed by atoms with Crippen LogP contribution in [0.4, 0.5) is 0 Å². The summed E-state index contributed by atoms with van der Waals surface area (Å²) in [7, 11) is 0. The quantitative estimate of drug-likeness (QED) is 0.524. The number of aromatic nitrogens is 3. The topological polar surface area (TPSA) is 33.4 Å². The van der Waals surface area contributed by atoms with E-state index in [1.807, 2.05) is 29.9 Å². The van der Waals surface area contributed by atoms with Gasteiger partial charge in [0.25, 0.3) is 0 Å². The van der Waals surface area contributed by atoms with E-state index in [2.05, 4.69) is 56.2 Å². The summed E-state index contributed by atoms with van der Waals surface area (Å²) in [5, 5.41) is 2.16. The lowest BCUT2D eigenvalue weighted by molar-refractivity contribution is 0.248. The van der Waals surface area contributed by atoms with Crippen molar-refractivity contribution in [2.75, 3.05) is 6.54 Å². The molecule has 0 aromatic carbocycles. The Labute approximate surface area is 156 Å². The fraction of sp³-hybridized carbons (Fsp3) is 0.238. The van der Waals surface area contributed by atoms with Crippen LogP contribution in [0.3, 0.4) is 0 Å². The summed E-state index contributed by atoms with van der Waals surface area (Å²) in [5.41, 5.74) is 4.71. The predicted molar refractivity (Wildman–Crippen MR) is 105 cm³/mol. The van der Waals surface area contributed by atoms with Gasteiger partial charge in [-0.25, -0.2) is 4.98 Å². The highest BCUT2D eigenvalue weighted by Gasteiger charge is 2.29. The minimum atomic E-state index is 0.409. The highest BCUT2D eigenvalue weighted by Crippen LogP contribution is 2.35. The van der Waals surface area contributed by atoms with Crippen LogP contribution < -0.4 is 0 Å². The van der Waals surface area contributed by atoms with Gasteiger partial charge in [0.1, 0.15) is 0 Å². The van der Waals surface area contributed by atoms with E-state index in [9.17, 15) is 0 Å². The second-order valence-electron chi connectivity index (χ2n) is 6.79. The third-order valence-electron chi connectivity index (χ3n) is 5.17. The van der Waals surface area contributed by atoms with Crippen molar-refractivity contribution < 1.29 is 0 Å². The van der Waals surface area contributed by atoms with Crippen LogP contribution in [-0.4, -0.2) is 25.8 Å². The Morgan fingerprint density at radius 3 is 2.96 bits per heavy atom. The van der Waals surface area contributed by atoms with Crippen LogP contribution in [0.15, 0.2) is 66.7 Å². The van der Waals surface area contributed by atoms with E-state index in [-0.39, 0.29) is 0 Å². The van der Waals surface area contributed by atoms with Crippen LogP contribution in [0.25, 0.3) is 16.6 Å². The fourth-order valence-electron chi connectivity index (χ4n) is 3.91. The van der Waals surface area contributed by atoms with Gasteiger partial charge in [0.15, 0.2) is 0 Å². The molecule has 4 aromatic rings. The van der Waals surface area contributed by atoms with Gasteiger partial charge in [-0.3, -0.25) is 9.88 Å². The highest BCUT2D eigenvalue weighted by atomic mass is 32.1. The molecule has 1 saturated heterocycles. The Morgan fingerprint density at radius 2 is 2.12 bits per heavy atom. The molecule has 130 valence electrons. The molecular formula is C21H20N4S. The minimum Gasteiger partial charge on any atom is -0.305 e. The fourth-order valence-corrected chi connectivity index (χ4v) is 4.64. The Bertz CT molecular complexity index is 1010. The number of imidazole rings is 1. The summed E-state index contributed by atoms with van der Waals surface area (Å²) in [4.78, 5) is 13.0. The molecule has 4 nitrogen and oxygen atoms in total. The maximum atomic E-state index is 4.80. The molecule has 5 heteroatoms. The van der Waals surface area contributed by atoms with Crippen LogP contribution >= 0.6 is 11.3 Å². The Kier molecular flexibility index (Phi) is 4.03. The summed E-state index contributed by atoms with van der Waals surface area (Å²) in [6.07, 6.45) is 10.2. The summed E-state index contributed by atoms with van der Waals surface area (Å²) in [6.45, 7) is 2.17. The van der Waals surface area contributed by atoms with E-state index in [4.69, 9.17) is 4.98 Å². The second kappa shape index (κ2) is 6.67. The van der Waals surface area contributed by atoms with E-state index in [0.29, 0.717) is 6.04 Å². The lowest BCUT2D eigenvalue weighted by Gasteiger charge is -2.22. The van der Waals surface area contributed by atoms with Crippen molar-refractivity contribution in [2.24, 2.45) is 0 Å². The maximum absolute atomic E-state index is 4.80. The summed E-state index contributed by atoms with van der Waals surface area (Å²) < 4.78 is 2.15. The molecule has 0 bridgehead atoms. The molecule has 1 atom stereocenters. The van der Waals surface area contributed by atoms with Gasteiger partial charge in [0, 0.05) is 35.6 Å². The number of rotatable bonds is 4. The average molecular weight is 360 g/mol. The van der Waals surface area contributed by atoms with E-state index in [1.165, 1.54) is 28.9 Å². The molecule has 0 amide bonds. The predicted octanol–water partition coefficient (Wildman–Crippen LogP) is 4.79. The van der Waals surface area contributed by atoms with Crippen molar-refractivity contribution in [1.82, 2.24) is 19.3 Å². The molecule has 1 fully saturated rings. The molecule has 0 saturated carbocycles. The van der Waals surface area contributed by atoms with E-state index in [1.54, 1.807) is 6.20 Å². The monoisotopic (exact) mass is 360 g/mol. The summed E-state index contributed by atoms with van der Waals surface area (Å²) in [5.74, 6) is 0. The molecule has 1 aliphatic heterocycles. The molecule has 0 spiro atoms. The molecule has 0 N–H and O–H groups in total. The molecule has 4 aromatic heterocycles. The smallest absolute Gasteiger partial charge is 0.0996 e. The van der Waals surface area contributed by atoms with Gasteiger partial charge in [-0.2, -0.15) is 0 Å². The molecule has 0 radical (unpaired) electrons. The maximum Gasteiger partial charge on any atom is 0.0996 e. The van der Waals surface area contributed by atoms with Gasteiger partial charge in [-0.1, -0.05) is 18.2 Å². The van der Waals surface area contributed by atoms with Crippen LogP contribution in [0.2, 0.25) is 0 Å². The first kappa shape index (κ1) is 15.7. The van der Waals surface area contributed by atoms with Crippen molar-refractivity contribution in [2.45, 2.75) is 25.4 Å². The molecule has 26 heavy (non-hydrogen) atoms. The number of fused-ring (bicyclic) bond motifs is 1. The van der Waals surface area contributed by atoms with Crippen LogP contribution in [0.5, 0.6) is 0 Å². The number of likely N-dealkylation sites (tertiary alicyclic amines) is 1. The lowest BCUT2D eigenvalue weighted by Crippen LogP contribution is -2.22. The Hall–Kier alpha value is -2.50. The second-order valence-corrected chi connectivity index (χ2v) is 7.82. The Balaban J connectivity index is 1.47. The van der Waals surface area contributed by atoms with Gasteiger partial charge in [0.05, 0.1) is 23.6 Å². The van der Waals surface area contributed by atoms with Crippen molar-refractivity contribution in [3.63, 3.8) is 0 Å². The normalized spacial score (nSPS) is 17.9. The molecule has 0 unspecified atom stereocenters. The Morgan fingerprint density at radius 1 is 1.12 bits per heavy atom. The van der Waals surface area contributed by atoms with Crippen LogP contribution in [-0.2, 0) is 6.54 Å². The first-order valence-electron chi connectivity index (χ1n) is 9.02. The van der Waals surface area contributed by atoms with Gasteiger partial charge in [-0.05, 0) is 48.5 Å². The van der Waals surface area contributed by atoms with Gasteiger partial charge >= 0.3 is 0 Å². The van der Waals surface area contributed by atoms with E-state index >= 15 is 0 Å². The van der Waals surface area contributed by atoms with Crippen molar-refractivity contribution in [3.05, 3.63) is 77.3 Å². The van der Waals surface area contributed by atoms with Gasteiger partial charge < -0.3 is 4.40 Å². The first-order valence-corrected chi connectivity index (χ1v) is 9.90. The zero-order valence-corrected chi connectivity index (χ0v) is 15.3. The zero-order chi connectivity index (χ0) is 17.3. The van der Waals surface area contributed by atoms with Crippen LogP contribution in [0.1, 0.15) is 29.5 Å². The minimum absolute atomic E-state index is 0.409. The molecule has 5 rings (SSSR count). The largest absolute Gasteiger partial charge is 0.305 e. The lowest BCUT2D eigenvalue weighted by atomic mass is 10.1. The first-order chi connectivity index (χ1) is 12.9. The molecule has 1 aliphatic rings. The number of hydrogen-bond acceptors (Lipinski definition) is 4. The number of thiophene rings is 1. The third kappa shape index (κ3) is 2.83. The third-order valence-corrected chi connectivity index (χ3v) is 6.04. The number of pyridine rings is 2. The molecule has 0 aliphatic carbocycles. The van der Waals surface area contributed by atoms with E-state index in [0.717, 1.165) is 24.2 Å². The zero-order valence-electron chi connectivity index (χ0n) is 14.5. The molecular weight excluding hydrogens is 340 g/mol. The highest BCUT2D eigenvalue weighted by molar-refractivity contribution is 7.09. The summed E-state index contributed by atoms with van der Waals surface area (Å²) in [6, 6.07) is 13.2. The SMILES string of the molecule is c1cncc(-c2ccc3c([C@@H]4CCCN4Cc4cccs4)ncn3c2)c1. The van der Waals surface area contributed by atoms with Gasteiger partial charge in [0.2, 0.25) is 0 Å². The van der Waals surface area contributed by atoms with Crippen molar-refractivity contribution >= 4 is 16.9 Å². The summed E-state index contributed by atoms with van der Waals surface area (Å²) >= 11 is 1.84. The standard InChI is InChI=1S/C21H20N4S/c1-4-16(12-22-9-1)17-7-8-20-21(23-15-25(20)13-17)19-6-2-10-24(19)14-18-5-3-11-26-18/h1,3-5,7-9,11-13,15,19H,2,6,10,14H2/t19-/m0/s1. The van der Waals surface area contributed by atoms with Crippen molar-refractivity contribution in [1.29, 1.82) is 0 Å². The number of nitrogens with zero attached hydrogens (tertiary/aromatic N) is 4. The molecule has 5 heterocycles. The van der Waals surface area contributed by atoms with Crippen LogP contribution in [0, 0.1) is 0 Å².